The van der Waals surface area contributed by atoms with Gasteiger partial charge in [-0.1, -0.05) is 346 Å². The SMILES string of the molecule is CCCCCCCC/C=C\CCCCCCCC(=O)OCCCCCCCCCCCCCC/C=C\CCCCCCCCCCCCCCC(=O)NC(CO)C(O)CCCCCCCCCCCCCCCCCCCCCC. The highest BCUT2D eigenvalue weighted by Gasteiger charge is 2.20. The second-order valence-electron chi connectivity index (χ2n) is 25.3. The molecule has 2 atom stereocenters. The maximum absolute atomic E-state index is 12.5. The molecule has 0 saturated heterocycles. The van der Waals surface area contributed by atoms with Crippen LogP contribution in [-0.2, 0) is 14.3 Å². The molecule has 0 saturated carbocycles. The van der Waals surface area contributed by atoms with Gasteiger partial charge < -0.3 is 20.3 Å². The van der Waals surface area contributed by atoms with Crippen LogP contribution >= 0.6 is 0 Å². The summed E-state index contributed by atoms with van der Waals surface area (Å²) in [6.45, 7) is 4.99. The van der Waals surface area contributed by atoms with Crippen molar-refractivity contribution in [1.29, 1.82) is 0 Å². The molecule has 0 spiro atoms. The summed E-state index contributed by atoms with van der Waals surface area (Å²) >= 11 is 0. The maximum Gasteiger partial charge on any atom is 0.305 e. The summed E-state index contributed by atoms with van der Waals surface area (Å²) in [5.74, 6) is -0.0218. The minimum Gasteiger partial charge on any atom is -0.466 e. The van der Waals surface area contributed by atoms with Gasteiger partial charge in [-0.25, -0.2) is 0 Å². The van der Waals surface area contributed by atoms with Gasteiger partial charge >= 0.3 is 5.97 Å². The fourth-order valence-electron chi connectivity index (χ4n) is 11.6. The van der Waals surface area contributed by atoms with Crippen molar-refractivity contribution < 1.29 is 24.5 Å². The lowest BCUT2D eigenvalue weighted by atomic mass is 10.0. The number of carbonyl (C=O) groups is 2. The predicted molar refractivity (Wildman–Crippen MR) is 352 cm³/mol. The number of amides is 1. The van der Waals surface area contributed by atoms with Crippen molar-refractivity contribution in [3.8, 4) is 0 Å². The lowest BCUT2D eigenvalue weighted by Gasteiger charge is -2.22. The molecule has 0 aromatic heterocycles. The first-order valence-electron chi connectivity index (χ1n) is 36.6. The van der Waals surface area contributed by atoms with Crippen molar-refractivity contribution in [2.24, 2.45) is 0 Å². The highest BCUT2D eigenvalue weighted by molar-refractivity contribution is 5.76. The van der Waals surface area contributed by atoms with E-state index in [4.69, 9.17) is 4.74 Å². The van der Waals surface area contributed by atoms with Gasteiger partial charge in [0.25, 0.3) is 0 Å². The molecule has 6 nitrogen and oxygen atoms in total. The predicted octanol–water partition coefficient (Wildman–Crippen LogP) is 23.7. The number of rotatable bonds is 69. The van der Waals surface area contributed by atoms with Gasteiger partial charge in [0.05, 0.1) is 25.4 Å². The van der Waals surface area contributed by atoms with Crippen LogP contribution in [0.2, 0.25) is 0 Å². The van der Waals surface area contributed by atoms with Crippen LogP contribution in [0.25, 0.3) is 0 Å². The average Bonchev–Trinajstić information content (AvgIpc) is 3.46. The number of carbonyl (C=O) groups excluding carboxylic acids is 2. The Hall–Kier alpha value is -1.66. The summed E-state index contributed by atoms with van der Waals surface area (Å²) in [7, 11) is 0. The largest absolute Gasteiger partial charge is 0.466 e. The van der Waals surface area contributed by atoms with Crippen molar-refractivity contribution in [1.82, 2.24) is 5.32 Å². The summed E-state index contributed by atoms with van der Waals surface area (Å²) in [5.41, 5.74) is 0. The van der Waals surface area contributed by atoms with Crippen LogP contribution in [0, 0.1) is 0 Å². The Morgan fingerprint density at radius 3 is 0.887 bits per heavy atom. The molecular weight excluding hydrogens is 983 g/mol. The van der Waals surface area contributed by atoms with Crippen LogP contribution in [-0.4, -0.2) is 47.4 Å². The number of allylic oxidation sites excluding steroid dienone is 4. The molecule has 0 aliphatic heterocycles. The summed E-state index contributed by atoms with van der Waals surface area (Å²) < 4.78 is 5.49. The van der Waals surface area contributed by atoms with Gasteiger partial charge in [0.2, 0.25) is 5.91 Å². The Morgan fingerprint density at radius 1 is 0.338 bits per heavy atom. The number of ether oxygens (including phenoxy) is 1. The van der Waals surface area contributed by atoms with Gasteiger partial charge in [-0.2, -0.15) is 0 Å². The van der Waals surface area contributed by atoms with Crippen molar-refractivity contribution in [2.45, 2.75) is 424 Å². The standard InChI is InChI=1S/C74H143NO5/c1-3-5-7-9-11-13-15-17-19-20-21-32-35-39-42-46-50-54-58-62-66-72(77)71(70-76)75-73(78)67-63-59-55-51-47-43-40-36-33-30-28-26-24-22-23-25-27-29-31-34-37-41-45-49-53-57-61-65-69-80-74(79)68-64-60-56-52-48-44-38-18-16-14-12-10-8-6-4-2/h18,22-23,38,71-72,76-77H,3-17,19-21,24-37,39-70H2,1-2H3,(H,75,78)/b23-22-,38-18-. The van der Waals surface area contributed by atoms with E-state index >= 15 is 0 Å². The van der Waals surface area contributed by atoms with Gasteiger partial charge in [0.1, 0.15) is 0 Å². The molecular formula is C74H143NO5. The van der Waals surface area contributed by atoms with Crippen molar-refractivity contribution in [3.63, 3.8) is 0 Å². The van der Waals surface area contributed by atoms with E-state index in [1.54, 1.807) is 0 Å². The molecule has 1 amide bonds. The molecule has 0 aliphatic carbocycles. The van der Waals surface area contributed by atoms with Gasteiger partial charge in [0, 0.05) is 12.8 Å². The third-order valence-electron chi connectivity index (χ3n) is 17.2. The summed E-state index contributed by atoms with van der Waals surface area (Å²) in [6, 6.07) is -0.542. The first kappa shape index (κ1) is 78.3. The van der Waals surface area contributed by atoms with E-state index in [0.717, 1.165) is 44.9 Å². The Labute approximate surface area is 501 Å². The topological polar surface area (TPSA) is 95.9 Å². The van der Waals surface area contributed by atoms with Crippen LogP contribution in [0.4, 0.5) is 0 Å². The Balaban J connectivity index is 3.38. The van der Waals surface area contributed by atoms with Crippen LogP contribution < -0.4 is 5.32 Å². The molecule has 0 aromatic rings. The minimum atomic E-state index is -0.665. The van der Waals surface area contributed by atoms with Crippen molar-refractivity contribution in [2.75, 3.05) is 13.2 Å². The van der Waals surface area contributed by atoms with E-state index in [9.17, 15) is 19.8 Å². The molecule has 3 N–H and O–H groups in total. The summed E-state index contributed by atoms with van der Waals surface area (Å²) in [6.07, 6.45) is 88.1. The molecule has 2 unspecified atom stereocenters. The van der Waals surface area contributed by atoms with Gasteiger partial charge in [-0.05, 0) is 77.0 Å². The molecule has 0 radical (unpaired) electrons. The van der Waals surface area contributed by atoms with Gasteiger partial charge in [-0.3, -0.25) is 9.59 Å². The molecule has 0 bridgehead atoms. The molecule has 0 aliphatic rings. The second-order valence-corrected chi connectivity index (χ2v) is 25.3. The fraction of sp³-hybridized carbons (Fsp3) is 0.919. The van der Waals surface area contributed by atoms with E-state index < -0.39 is 12.1 Å². The minimum absolute atomic E-state index is 0.00875. The van der Waals surface area contributed by atoms with Crippen LogP contribution in [0.5, 0.6) is 0 Å². The number of aliphatic hydroxyl groups excluding tert-OH is 2. The highest BCUT2D eigenvalue weighted by Crippen LogP contribution is 2.19. The van der Waals surface area contributed by atoms with Gasteiger partial charge in [-0.15, -0.1) is 0 Å². The van der Waals surface area contributed by atoms with Crippen LogP contribution in [0.15, 0.2) is 24.3 Å². The first-order chi connectivity index (χ1) is 39.5. The summed E-state index contributed by atoms with van der Waals surface area (Å²) in [5, 5.41) is 23.4. The number of hydrogen-bond donors (Lipinski definition) is 3. The number of aliphatic hydroxyl groups is 2. The Morgan fingerprint density at radius 2 is 0.588 bits per heavy atom. The third-order valence-corrected chi connectivity index (χ3v) is 17.2. The highest BCUT2D eigenvalue weighted by atomic mass is 16.5. The van der Waals surface area contributed by atoms with Crippen molar-refractivity contribution in [3.05, 3.63) is 24.3 Å². The zero-order valence-corrected chi connectivity index (χ0v) is 54.3. The molecule has 0 heterocycles. The third kappa shape index (κ3) is 65.5. The Kier molecular flexibility index (Phi) is 68.4. The number of nitrogens with one attached hydrogen (secondary N) is 1. The Bertz CT molecular complexity index is 1250. The average molecular weight is 1130 g/mol. The molecule has 80 heavy (non-hydrogen) atoms. The summed E-state index contributed by atoms with van der Waals surface area (Å²) in [4.78, 5) is 24.6. The maximum atomic E-state index is 12.5. The van der Waals surface area contributed by atoms with E-state index in [1.807, 2.05) is 0 Å². The molecule has 0 fully saturated rings. The number of esters is 1. The molecule has 0 rings (SSSR count). The lowest BCUT2D eigenvalue weighted by molar-refractivity contribution is -0.143. The quantitative estimate of drug-likeness (QED) is 0.0320. The van der Waals surface area contributed by atoms with Crippen molar-refractivity contribution >= 4 is 11.9 Å². The second kappa shape index (κ2) is 69.8. The zero-order chi connectivity index (χ0) is 57.8. The molecule has 0 aromatic carbocycles. The monoisotopic (exact) mass is 1130 g/mol. The first-order valence-corrected chi connectivity index (χ1v) is 36.6. The lowest BCUT2D eigenvalue weighted by Crippen LogP contribution is -2.45. The van der Waals surface area contributed by atoms with E-state index in [0.29, 0.717) is 25.9 Å². The van der Waals surface area contributed by atoms with E-state index in [-0.39, 0.29) is 18.5 Å². The zero-order valence-electron chi connectivity index (χ0n) is 54.3. The smallest absolute Gasteiger partial charge is 0.305 e. The number of unbranched alkanes of at least 4 members (excludes halogenated alkanes) is 54. The fourth-order valence-corrected chi connectivity index (χ4v) is 11.6. The number of hydrogen-bond acceptors (Lipinski definition) is 5. The molecule has 6 heteroatoms. The van der Waals surface area contributed by atoms with Crippen LogP contribution in [0.1, 0.15) is 412 Å². The van der Waals surface area contributed by atoms with E-state index in [1.165, 1.54) is 334 Å². The van der Waals surface area contributed by atoms with Gasteiger partial charge in [0.15, 0.2) is 0 Å². The van der Waals surface area contributed by atoms with Crippen LogP contribution in [0.3, 0.4) is 0 Å². The molecule has 474 valence electrons. The normalized spacial score (nSPS) is 12.6. The van der Waals surface area contributed by atoms with E-state index in [2.05, 4.69) is 43.5 Å².